The molecule has 0 saturated heterocycles. The first-order valence-corrected chi connectivity index (χ1v) is 13.5. The molecule has 0 unspecified atom stereocenters. The number of nitrogens with one attached hydrogen (secondary N) is 1. The molecule has 194 valence electrons. The van der Waals surface area contributed by atoms with E-state index in [1.54, 1.807) is 0 Å². The highest BCUT2D eigenvalue weighted by Crippen LogP contribution is 2.38. The van der Waals surface area contributed by atoms with Crippen molar-refractivity contribution >= 4 is 16.9 Å². The summed E-state index contributed by atoms with van der Waals surface area (Å²) in [4.78, 5) is 16.5. The third-order valence-corrected chi connectivity index (χ3v) is 7.71. The maximum Gasteiger partial charge on any atom is 0.355 e. The van der Waals surface area contributed by atoms with E-state index in [1.165, 1.54) is 24.0 Å². The second-order valence-corrected chi connectivity index (χ2v) is 10.1. The van der Waals surface area contributed by atoms with Crippen LogP contribution >= 0.6 is 0 Å². The summed E-state index contributed by atoms with van der Waals surface area (Å²) in [6, 6.07) is 10.7. The smallest absolute Gasteiger partial charge is 0.355 e. The molecule has 1 aliphatic carbocycles. The summed E-state index contributed by atoms with van der Waals surface area (Å²) >= 11 is 0. The third kappa shape index (κ3) is 4.65. The third-order valence-electron chi connectivity index (χ3n) is 7.71. The van der Waals surface area contributed by atoms with Crippen LogP contribution in [0, 0.1) is 20.8 Å². The van der Waals surface area contributed by atoms with E-state index in [1.807, 2.05) is 25.6 Å². The number of aromatic amines is 1. The first-order valence-electron chi connectivity index (χ1n) is 13.5. The van der Waals surface area contributed by atoms with E-state index in [0.29, 0.717) is 18.9 Å². The van der Waals surface area contributed by atoms with E-state index in [2.05, 4.69) is 54.3 Å². The lowest BCUT2D eigenvalue weighted by Crippen LogP contribution is -2.10. The summed E-state index contributed by atoms with van der Waals surface area (Å²) in [5, 5.41) is 5.70. The molecule has 0 radical (unpaired) electrons. The van der Waals surface area contributed by atoms with E-state index in [9.17, 15) is 4.79 Å². The first-order chi connectivity index (χ1) is 17.9. The van der Waals surface area contributed by atoms with Crippen LogP contribution in [0.1, 0.15) is 70.3 Å². The Kier molecular flexibility index (Phi) is 7.09. The molecule has 1 N–H and O–H groups in total. The SMILES string of the molecule is CCOC(=O)c1[nH]c2c(-c3c(C)nn(C)c3C)c(C)ccc2c1CCCOc1cccc2c1CCCC2. The highest BCUT2D eigenvalue weighted by Gasteiger charge is 2.24. The number of hydrogen-bond donors (Lipinski definition) is 1. The standard InChI is InChI=1S/C31H37N3O3/c1-6-36-31(35)30-24(14-10-18-37-26-15-9-12-22-11-7-8-13-23(22)26)25-17-16-19(2)27(29(25)32-30)28-20(3)33-34(5)21(28)4/h9,12,15-17,32H,6-8,10-11,13-14,18H2,1-5H3. The van der Waals surface area contributed by atoms with Gasteiger partial charge in [-0.1, -0.05) is 24.3 Å². The second-order valence-electron chi connectivity index (χ2n) is 10.1. The molecular weight excluding hydrogens is 462 g/mol. The minimum atomic E-state index is -0.310. The van der Waals surface area contributed by atoms with Crippen molar-refractivity contribution < 1.29 is 14.3 Å². The molecule has 2 aromatic heterocycles. The largest absolute Gasteiger partial charge is 0.493 e. The molecule has 0 amide bonds. The predicted octanol–water partition coefficient (Wildman–Crippen LogP) is 6.56. The number of carbonyl (C=O) groups is 1. The van der Waals surface area contributed by atoms with Crippen LogP contribution in [0.15, 0.2) is 30.3 Å². The van der Waals surface area contributed by atoms with Gasteiger partial charge in [-0.25, -0.2) is 4.79 Å². The number of H-pyrrole nitrogens is 1. The molecule has 2 heterocycles. The Labute approximate surface area is 219 Å². The minimum absolute atomic E-state index is 0.310. The van der Waals surface area contributed by atoms with Crippen LogP contribution in [0.25, 0.3) is 22.0 Å². The van der Waals surface area contributed by atoms with Crippen molar-refractivity contribution in [3.8, 4) is 16.9 Å². The number of ether oxygens (including phenoxy) is 2. The van der Waals surface area contributed by atoms with Gasteiger partial charge in [-0.2, -0.15) is 5.10 Å². The Morgan fingerprint density at radius 1 is 1.08 bits per heavy atom. The van der Waals surface area contributed by atoms with E-state index in [-0.39, 0.29) is 5.97 Å². The fourth-order valence-electron chi connectivity index (χ4n) is 5.83. The van der Waals surface area contributed by atoms with Crippen molar-refractivity contribution in [3.05, 3.63) is 69.7 Å². The Morgan fingerprint density at radius 3 is 2.65 bits per heavy atom. The van der Waals surface area contributed by atoms with Crippen LogP contribution in [0.5, 0.6) is 5.75 Å². The first kappa shape index (κ1) is 25.1. The van der Waals surface area contributed by atoms with Gasteiger partial charge in [0.1, 0.15) is 11.4 Å². The van der Waals surface area contributed by atoms with Gasteiger partial charge >= 0.3 is 5.97 Å². The van der Waals surface area contributed by atoms with Gasteiger partial charge in [0.05, 0.1) is 24.4 Å². The molecule has 4 aromatic rings. The predicted molar refractivity (Wildman–Crippen MR) is 148 cm³/mol. The van der Waals surface area contributed by atoms with Gasteiger partial charge in [0, 0.05) is 29.3 Å². The quantitative estimate of drug-likeness (QED) is 0.220. The van der Waals surface area contributed by atoms with Gasteiger partial charge in [-0.3, -0.25) is 4.68 Å². The Balaban J connectivity index is 1.47. The summed E-state index contributed by atoms with van der Waals surface area (Å²) in [6.45, 7) is 9.01. The van der Waals surface area contributed by atoms with E-state index in [4.69, 9.17) is 9.47 Å². The maximum absolute atomic E-state index is 13.0. The molecule has 2 aromatic carbocycles. The molecule has 6 heteroatoms. The second kappa shape index (κ2) is 10.4. The van der Waals surface area contributed by atoms with Crippen molar-refractivity contribution in [2.24, 2.45) is 7.05 Å². The number of nitrogens with zero attached hydrogens (tertiary/aromatic N) is 2. The zero-order valence-corrected chi connectivity index (χ0v) is 22.7. The molecule has 37 heavy (non-hydrogen) atoms. The van der Waals surface area contributed by atoms with Crippen molar-refractivity contribution in [1.29, 1.82) is 0 Å². The molecule has 5 rings (SSSR count). The number of carbonyl (C=O) groups excluding carboxylic acids is 1. The Morgan fingerprint density at radius 2 is 1.89 bits per heavy atom. The average molecular weight is 500 g/mol. The van der Waals surface area contributed by atoms with Crippen molar-refractivity contribution in [1.82, 2.24) is 14.8 Å². The topological polar surface area (TPSA) is 69.1 Å². The molecular formula is C31H37N3O3. The Bertz CT molecular complexity index is 1460. The Hall–Kier alpha value is -3.54. The van der Waals surface area contributed by atoms with Crippen molar-refractivity contribution in [2.75, 3.05) is 13.2 Å². The number of aryl methyl sites for hydroxylation is 5. The lowest BCUT2D eigenvalue weighted by atomic mass is 9.91. The summed E-state index contributed by atoms with van der Waals surface area (Å²) in [6.07, 6.45) is 6.24. The number of rotatable bonds is 8. The lowest BCUT2D eigenvalue weighted by molar-refractivity contribution is 0.0519. The zero-order valence-electron chi connectivity index (χ0n) is 22.7. The molecule has 6 nitrogen and oxygen atoms in total. The van der Waals surface area contributed by atoms with Crippen LogP contribution in [0.4, 0.5) is 0 Å². The van der Waals surface area contributed by atoms with Crippen LogP contribution in [-0.4, -0.2) is 33.9 Å². The van der Waals surface area contributed by atoms with Gasteiger partial charge in [0.25, 0.3) is 0 Å². The highest BCUT2D eigenvalue weighted by molar-refractivity contribution is 6.04. The minimum Gasteiger partial charge on any atom is -0.493 e. The van der Waals surface area contributed by atoms with Crippen LogP contribution < -0.4 is 4.74 Å². The fraction of sp³-hybridized carbons (Fsp3) is 0.419. The monoisotopic (exact) mass is 499 g/mol. The summed E-state index contributed by atoms with van der Waals surface area (Å²) in [5.41, 5.74) is 10.7. The molecule has 0 spiro atoms. The molecule has 0 saturated carbocycles. The van der Waals surface area contributed by atoms with Crippen molar-refractivity contribution in [3.63, 3.8) is 0 Å². The van der Waals surface area contributed by atoms with Gasteiger partial charge in [0.2, 0.25) is 0 Å². The average Bonchev–Trinajstić information content (AvgIpc) is 3.38. The van der Waals surface area contributed by atoms with Gasteiger partial charge in [0.15, 0.2) is 0 Å². The number of hydrogen-bond acceptors (Lipinski definition) is 4. The summed E-state index contributed by atoms with van der Waals surface area (Å²) in [7, 11) is 1.97. The molecule has 0 aliphatic heterocycles. The molecule has 0 bridgehead atoms. The fourth-order valence-corrected chi connectivity index (χ4v) is 5.83. The van der Waals surface area contributed by atoms with Crippen molar-refractivity contribution in [2.45, 2.75) is 66.2 Å². The van der Waals surface area contributed by atoms with Crippen LogP contribution in [-0.2, 0) is 31.0 Å². The summed E-state index contributed by atoms with van der Waals surface area (Å²) < 4.78 is 13.6. The number of benzene rings is 2. The summed E-state index contributed by atoms with van der Waals surface area (Å²) in [5.74, 6) is 0.706. The zero-order chi connectivity index (χ0) is 26.1. The van der Waals surface area contributed by atoms with Crippen LogP contribution in [0.3, 0.4) is 0 Å². The highest BCUT2D eigenvalue weighted by atomic mass is 16.5. The maximum atomic E-state index is 13.0. The number of esters is 1. The molecule has 0 fully saturated rings. The van der Waals surface area contributed by atoms with Crippen LogP contribution in [0.2, 0.25) is 0 Å². The number of fused-ring (bicyclic) bond motifs is 2. The number of aromatic nitrogens is 3. The molecule has 0 atom stereocenters. The normalized spacial score (nSPS) is 13.1. The van der Waals surface area contributed by atoms with E-state index in [0.717, 1.165) is 76.0 Å². The molecule has 1 aliphatic rings. The van der Waals surface area contributed by atoms with E-state index < -0.39 is 0 Å². The van der Waals surface area contributed by atoms with Gasteiger partial charge in [-0.15, -0.1) is 0 Å². The van der Waals surface area contributed by atoms with Gasteiger partial charge < -0.3 is 14.5 Å². The van der Waals surface area contributed by atoms with Gasteiger partial charge in [-0.05, 0) is 94.5 Å². The lowest BCUT2D eigenvalue weighted by Gasteiger charge is -2.19. The van der Waals surface area contributed by atoms with E-state index >= 15 is 0 Å².